The summed E-state index contributed by atoms with van der Waals surface area (Å²) < 4.78 is 18.6. The molecule has 0 bridgehead atoms. The van der Waals surface area contributed by atoms with Gasteiger partial charge in [-0.15, -0.1) is 0 Å². The van der Waals surface area contributed by atoms with Crippen LogP contribution in [-0.4, -0.2) is 11.7 Å². The van der Waals surface area contributed by atoms with Crippen molar-refractivity contribution in [1.29, 1.82) is 0 Å². The number of hydrogen-bond acceptors (Lipinski definition) is 3. The smallest absolute Gasteiger partial charge is 0.134 e. The minimum Gasteiger partial charge on any atom is -0.467 e. The topological polar surface area (TPSA) is 45.4 Å². The maximum Gasteiger partial charge on any atom is 0.134 e. The van der Waals surface area contributed by atoms with Crippen molar-refractivity contribution < 1.29 is 13.9 Å². The lowest BCUT2D eigenvalue weighted by Gasteiger charge is -2.13. The number of halogens is 3. The summed E-state index contributed by atoms with van der Waals surface area (Å²) in [6.07, 6.45) is 0.687. The second kappa shape index (κ2) is 5.73. The van der Waals surface area contributed by atoms with Crippen molar-refractivity contribution in [2.24, 2.45) is 0 Å². The fraction of sp³-hybridized carbons (Fsp3) is 0.167. The Kier molecular flexibility index (Phi) is 4.27. The number of hydrogen-bond donors (Lipinski definition) is 2. The Morgan fingerprint density at radius 2 is 2.28 bits per heavy atom. The molecular weight excluding hydrogens is 324 g/mol. The first-order valence-corrected chi connectivity index (χ1v) is 6.35. The Balaban J connectivity index is 2.07. The van der Waals surface area contributed by atoms with Crippen LogP contribution in [0.5, 0.6) is 0 Å². The number of nitrogens with one attached hydrogen (secondary N) is 1. The van der Waals surface area contributed by atoms with Gasteiger partial charge < -0.3 is 14.8 Å². The van der Waals surface area contributed by atoms with Gasteiger partial charge in [0.1, 0.15) is 17.7 Å². The minimum atomic E-state index is -0.798. The first-order chi connectivity index (χ1) is 8.58. The molecule has 2 rings (SSSR count). The number of benzene rings is 1. The van der Waals surface area contributed by atoms with Crippen molar-refractivity contribution >= 4 is 33.2 Å². The van der Waals surface area contributed by atoms with Gasteiger partial charge in [0, 0.05) is 11.0 Å². The van der Waals surface area contributed by atoms with Crippen LogP contribution in [0.3, 0.4) is 0 Å². The highest BCUT2D eigenvalue weighted by Gasteiger charge is 2.13. The second-order valence-electron chi connectivity index (χ2n) is 3.66. The van der Waals surface area contributed by atoms with Crippen LogP contribution in [0.1, 0.15) is 11.9 Å². The zero-order valence-electron chi connectivity index (χ0n) is 9.16. The third-order valence-electron chi connectivity index (χ3n) is 2.35. The highest BCUT2D eigenvalue weighted by atomic mass is 79.9. The molecule has 3 nitrogen and oxygen atoms in total. The molecule has 0 aliphatic rings. The number of aliphatic hydroxyl groups excluding tert-OH is 1. The molecule has 1 heterocycles. The van der Waals surface area contributed by atoms with E-state index in [4.69, 9.17) is 16.0 Å². The van der Waals surface area contributed by atoms with Crippen LogP contribution < -0.4 is 5.32 Å². The molecule has 2 aromatic rings. The summed E-state index contributed by atoms with van der Waals surface area (Å²) in [6.45, 7) is 0.206. The van der Waals surface area contributed by atoms with Crippen molar-refractivity contribution in [2.75, 3.05) is 11.9 Å². The highest BCUT2D eigenvalue weighted by molar-refractivity contribution is 9.10. The molecule has 6 heteroatoms. The predicted molar refractivity (Wildman–Crippen MR) is 71.3 cm³/mol. The van der Waals surface area contributed by atoms with Crippen molar-refractivity contribution in [1.82, 2.24) is 0 Å². The fourth-order valence-electron chi connectivity index (χ4n) is 1.49. The van der Waals surface area contributed by atoms with E-state index in [2.05, 4.69) is 21.2 Å². The van der Waals surface area contributed by atoms with Gasteiger partial charge in [-0.05, 0) is 40.2 Å². The summed E-state index contributed by atoms with van der Waals surface area (Å²) in [5, 5.41) is 13.0. The summed E-state index contributed by atoms with van der Waals surface area (Å²) in [4.78, 5) is 0. The van der Waals surface area contributed by atoms with E-state index < -0.39 is 11.9 Å². The van der Waals surface area contributed by atoms with E-state index in [9.17, 15) is 9.50 Å². The molecular formula is C12H10BrClFNO2. The van der Waals surface area contributed by atoms with Crippen LogP contribution in [0.4, 0.5) is 10.1 Å². The first kappa shape index (κ1) is 13.4. The number of rotatable bonds is 4. The zero-order valence-corrected chi connectivity index (χ0v) is 11.5. The fourth-order valence-corrected chi connectivity index (χ4v) is 2.45. The molecule has 1 aromatic heterocycles. The molecule has 96 valence electrons. The third-order valence-corrected chi connectivity index (χ3v) is 3.27. The van der Waals surface area contributed by atoms with E-state index in [1.54, 1.807) is 12.1 Å². The molecule has 2 N–H and O–H groups in total. The van der Waals surface area contributed by atoms with Gasteiger partial charge in [0.25, 0.3) is 0 Å². The highest BCUT2D eigenvalue weighted by Crippen LogP contribution is 2.32. The van der Waals surface area contributed by atoms with Crippen LogP contribution in [0.2, 0.25) is 5.02 Å². The maximum absolute atomic E-state index is 13.0. The van der Waals surface area contributed by atoms with Crippen molar-refractivity contribution in [3.05, 3.63) is 51.6 Å². The van der Waals surface area contributed by atoms with E-state index >= 15 is 0 Å². The Hall–Kier alpha value is -1.04. The summed E-state index contributed by atoms with van der Waals surface area (Å²) >= 11 is 9.11. The maximum atomic E-state index is 13.0. The van der Waals surface area contributed by atoms with Gasteiger partial charge in [-0.2, -0.15) is 0 Å². The Labute approximate surface area is 117 Å². The summed E-state index contributed by atoms with van der Waals surface area (Å²) in [7, 11) is 0. The Bertz CT molecular complexity index is 510. The van der Waals surface area contributed by atoms with Gasteiger partial charge >= 0.3 is 0 Å². The molecule has 1 atom stereocenters. The van der Waals surface area contributed by atoms with Crippen molar-refractivity contribution in [3.8, 4) is 0 Å². The van der Waals surface area contributed by atoms with Gasteiger partial charge in [-0.1, -0.05) is 11.6 Å². The van der Waals surface area contributed by atoms with Crippen LogP contribution in [0.25, 0.3) is 0 Å². The monoisotopic (exact) mass is 333 g/mol. The SMILES string of the molecule is OC(CNc1c(Cl)cc(F)cc1Br)c1ccco1. The Morgan fingerprint density at radius 1 is 1.50 bits per heavy atom. The molecule has 0 spiro atoms. The van der Waals surface area contributed by atoms with Crippen molar-refractivity contribution in [2.45, 2.75) is 6.10 Å². The third kappa shape index (κ3) is 3.04. The molecule has 0 fully saturated rings. The number of anilines is 1. The zero-order chi connectivity index (χ0) is 13.1. The first-order valence-electron chi connectivity index (χ1n) is 5.18. The quantitative estimate of drug-likeness (QED) is 0.889. The molecule has 0 saturated carbocycles. The van der Waals surface area contributed by atoms with Gasteiger partial charge in [-0.3, -0.25) is 0 Å². The largest absolute Gasteiger partial charge is 0.467 e. The molecule has 1 unspecified atom stereocenters. The molecule has 0 aliphatic carbocycles. The standard InChI is InChI=1S/C12H10BrClFNO2/c13-8-4-7(15)5-9(14)12(8)16-6-10(17)11-2-1-3-18-11/h1-5,10,16-17H,6H2. The van der Waals surface area contributed by atoms with Crippen LogP contribution in [0.15, 0.2) is 39.4 Å². The Morgan fingerprint density at radius 3 is 2.89 bits per heavy atom. The molecule has 0 aliphatic heterocycles. The molecule has 18 heavy (non-hydrogen) atoms. The van der Waals surface area contributed by atoms with Gasteiger partial charge in [0.2, 0.25) is 0 Å². The van der Waals surface area contributed by atoms with Crippen LogP contribution in [0, 0.1) is 5.82 Å². The van der Waals surface area contributed by atoms with E-state index in [1.165, 1.54) is 18.4 Å². The van der Waals surface area contributed by atoms with Gasteiger partial charge in [0.15, 0.2) is 0 Å². The van der Waals surface area contributed by atoms with Crippen LogP contribution >= 0.6 is 27.5 Å². The van der Waals surface area contributed by atoms with E-state index in [0.29, 0.717) is 15.9 Å². The number of furan rings is 1. The normalized spacial score (nSPS) is 12.4. The van der Waals surface area contributed by atoms with Gasteiger partial charge in [0.05, 0.1) is 17.0 Å². The van der Waals surface area contributed by atoms with E-state index in [-0.39, 0.29) is 11.6 Å². The summed E-state index contributed by atoms with van der Waals surface area (Å²) in [5.74, 6) is 0.0286. The number of aliphatic hydroxyl groups is 1. The van der Waals surface area contributed by atoms with Gasteiger partial charge in [-0.25, -0.2) is 4.39 Å². The average Bonchev–Trinajstić information content (AvgIpc) is 2.80. The predicted octanol–water partition coefficient (Wildman–Crippen LogP) is 3.98. The molecule has 0 saturated heterocycles. The average molecular weight is 335 g/mol. The molecule has 0 radical (unpaired) electrons. The molecule has 1 aromatic carbocycles. The van der Waals surface area contributed by atoms with Crippen LogP contribution in [-0.2, 0) is 0 Å². The lowest BCUT2D eigenvalue weighted by Crippen LogP contribution is -2.12. The lowest BCUT2D eigenvalue weighted by molar-refractivity contribution is 0.162. The molecule has 0 amide bonds. The second-order valence-corrected chi connectivity index (χ2v) is 4.92. The minimum absolute atomic E-state index is 0.206. The van der Waals surface area contributed by atoms with Crippen molar-refractivity contribution in [3.63, 3.8) is 0 Å². The van der Waals surface area contributed by atoms with E-state index in [1.807, 2.05) is 0 Å². The van der Waals surface area contributed by atoms with E-state index in [0.717, 1.165) is 0 Å². The summed E-state index contributed by atoms with van der Waals surface area (Å²) in [5.41, 5.74) is 0.531. The lowest BCUT2D eigenvalue weighted by atomic mass is 10.2. The summed E-state index contributed by atoms with van der Waals surface area (Å²) in [6, 6.07) is 5.87.